The van der Waals surface area contributed by atoms with Crippen LogP contribution in [0.25, 0.3) is 0 Å². The zero-order valence-corrected chi connectivity index (χ0v) is 16.5. The number of likely N-dealkylation sites (tertiary alicyclic amines) is 1. The highest BCUT2D eigenvalue weighted by Crippen LogP contribution is 2.17. The van der Waals surface area contributed by atoms with Gasteiger partial charge in [0.05, 0.1) is 13.1 Å². The van der Waals surface area contributed by atoms with E-state index in [-0.39, 0.29) is 5.75 Å². The lowest BCUT2D eigenvalue weighted by Crippen LogP contribution is -3.11. The highest BCUT2D eigenvalue weighted by atomic mass is 32.1. The Balaban J connectivity index is 1.51. The van der Waals surface area contributed by atoms with Crippen LogP contribution < -0.4 is 20.3 Å². The molecular weight excluding hydrogens is 380 g/mol. The van der Waals surface area contributed by atoms with Gasteiger partial charge in [-0.3, -0.25) is 0 Å². The minimum absolute atomic E-state index is 0.119. The maximum Gasteiger partial charge on any atom is 0.387 e. The second-order valence-corrected chi connectivity index (χ2v) is 7.37. The quantitative estimate of drug-likeness (QED) is 0.617. The van der Waals surface area contributed by atoms with E-state index in [0.717, 1.165) is 6.54 Å². The van der Waals surface area contributed by atoms with Crippen molar-refractivity contribution in [3.05, 3.63) is 59.7 Å². The Hall–Kier alpha value is -2.25. The fraction of sp³-hybridized carbons (Fsp3) is 0.381. The van der Waals surface area contributed by atoms with Crippen molar-refractivity contribution < 1.29 is 18.4 Å². The van der Waals surface area contributed by atoms with Crippen LogP contribution in [-0.4, -0.2) is 24.8 Å². The van der Waals surface area contributed by atoms with Gasteiger partial charge in [-0.2, -0.15) is 8.78 Å². The van der Waals surface area contributed by atoms with Crippen molar-refractivity contribution >= 4 is 23.0 Å². The molecular formula is C21H26F2N3OS+. The number of hydrogen-bond acceptors (Lipinski definition) is 2. The van der Waals surface area contributed by atoms with E-state index in [2.05, 4.69) is 33.6 Å². The molecule has 0 aromatic heterocycles. The van der Waals surface area contributed by atoms with Crippen molar-refractivity contribution in [1.29, 1.82) is 0 Å². The maximum atomic E-state index is 12.2. The molecule has 1 aliphatic rings. The van der Waals surface area contributed by atoms with Crippen molar-refractivity contribution in [3.63, 3.8) is 0 Å². The number of rotatable bonds is 7. The van der Waals surface area contributed by atoms with Crippen molar-refractivity contribution in [3.8, 4) is 5.75 Å². The molecule has 1 heterocycles. The number of hydrogen-bond donors (Lipinski definition) is 3. The molecule has 28 heavy (non-hydrogen) atoms. The summed E-state index contributed by atoms with van der Waals surface area (Å²) >= 11 is 5.36. The molecule has 3 rings (SSSR count). The van der Waals surface area contributed by atoms with Crippen LogP contribution >= 0.6 is 12.2 Å². The number of thiocarbonyl (C=S) groups is 1. The first-order valence-corrected chi connectivity index (χ1v) is 10.0. The summed E-state index contributed by atoms with van der Waals surface area (Å²) in [4.78, 5) is 1.64. The van der Waals surface area contributed by atoms with E-state index >= 15 is 0 Å². The fourth-order valence-electron chi connectivity index (χ4n) is 3.47. The van der Waals surface area contributed by atoms with Crippen LogP contribution in [0.5, 0.6) is 5.75 Å². The normalized spacial score (nSPS) is 14.7. The highest BCUT2D eigenvalue weighted by Gasteiger charge is 2.15. The zero-order valence-electron chi connectivity index (χ0n) is 15.7. The third-order valence-corrected chi connectivity index (χ3v) is 5.14. The number of quaternary nitrogens is 1. The largest absolute Gasteiger partial charge is 0.435 e. The number of benzene rings is 2. The number of piperidine rings is 1. The van der Waals surface area contributed by atoms with Crippen LogP contribution in [0.2, 0.25) is 0 Å². The monoisotopic (exact) mass is 406 g/mol. The Labute approximate surface area is 169 Å². The highest BCUT2D eigenvalue weighted by molar-refractivity contribution is 7.80. The van der Waals surface area contributed by atoms with Crippen LogP contribution in [0.3, 0.4) is 0 Å². The van der Waals surface area contributed by atoms with E-state index < -0.39 is 6.61 Å². The van der Waals surface area contributed by atoms with Crippen LogP contribution in [0, 0.1) is 0 Å². The van der Waals surface area contributed by atoms with E-state index in [9.17, 15) is 8.78 Å². The second-order valence-electron chi connectivity index (χ2n) is 6.97. The smallest absolute Gasteiger partial charge is 0.387 e. The molecule has 4 nitrogen and oxygen atoms in total. The van der Waals surface area contributed by atoms with Crippen molar-refractivity contribution in [2.45, 2.75) is 39.0 Å². The van der Waals surface area contributed by atoms with Gasteiger partial charge in [-0.25, -0.2) is 0 Å². The van der Waals surface area contributed by atoms with Crippen LogP contribution in [0.15, 0.2) is 48.5 Å². The van der Waals surface area contributed by atoms with Gasteiger partial charge < -0.3 is 20.3 Å². The average Bonchev–Trinajstić information content (AvgIpc) is 2.69. The molecule has 1 fully saturated rings. The fourth-order valence-corrected chi connectivity index (χ4v) is 3.66. The molecule has 0 atom stereocenters. The molecule has 2 aromatic carbocycles. The lowest BCUT2D eigenvalue weighted by molar-refractivity contribution is -0.918. The number of halogens is 2. The van der Waals surface area contributed by atoms with Gasteiger partial charge in [0.25, 0.3) is 0 Å². The van der Waals surface area contributed by atoms with Gasteiger partial charge >= 0.3 is 6.61 Å². The minimum Gasteiger partial charge on any atom is -0.435 e. The van der Waals surface area contributed by atoms with Gasteiger partial charge in [-0.05, 0) is 61.3 Å². The Bertz CT molecular complexity index is 765. The summed E-state index contributed by atoms with van der Waals surface area (Å²) in [5, 5.41) is 6.79. The molecule has 3 N–H and O–H groups in total. The molecule has 1 saturated heterocycles. The van der Waals surface area contributed by atoms with E-state index in [4.69, 9.17) is 12.2 Å². The van der Waals surface area contributed by atoms with Crippen molar-refractivity contribution in [2.24, 2.45) is 0 Å². The summed E-state index contributed by atoms with van der Waals surface area (Å²) in [5.41, 5.74) is 3.30. The first-order valence-electron chi connectivity index (χ1n) is 9.60. The van der Waals surface area contributed by atoms with E-state index in [1.807, 2.05) is 6.07 Å². The topological polar surface area (TPSA) is 37.7 Å². The Morgan fingerprint density at radius 1 is 1.00 bits per heavy atom. The summed E-state index contributed by atoms with van der Waals surface area (Å²) in [7, 11) is 0. The summed E-state index contributed by atoms with van der Waals surface area (Å²) in [6, 6.07) is 14.7. The molecule has 150 valence electrons. The summed E-state index contributed by atoms with van der Waals surface area (Å²) in [6.07, 6.45) is 3.97. The number of nitrogens with one attached hydrogen (secondary N) is 3. The first kappa shape index (κ1) is 20.5. The Kier molecular flexibility index (Phi) is 7.56. The average molecular weight is 407 g/mol. The summed E-state index contributed by atoms with van der Waals surface area (Å²) in [5.74, 6) is 0.119. The molecule has 0 aliphatic carbocycles. The Morgan fingerprint density at radius 2 is 1.68 bits per heavy atom. The van der Waals surface area contributed by atoms with Gasteiger partial charge in [0.2, 0.25) is 0 Å². The van der Waals surface area contributed by atoms with E-state index in [0.29, 0.717) is 17.3 Å². The predicted octanol–water partition coefficient (Wildman–Crippen LogP) is 3.34. The molecule has 1 aliphatic heterocycles. The van der Waals surface area contributed by atoms with Gasteiger partial charge in [-0.15, -0.1) is 0 Å². The van der Waals surface area contributed by atoms with Gasteiger partial charge in [0.1, 0.15) is 12.3 Å². The molecule has 7 heteroatoms. The van der Waals surface area contributed by atoms with E-state index in [1.54, 1.807) is 17.0 Å². The van der Waals surface area contributed by atoms with Gasteiger partial charge in [0, 0.05) is 17.8 Å². The third-order valence-electron chi connectivity index (χ3n) is 4.90. The van der Waals surface area contributed by atoms with Crippen LogP contribution in [0.4, 0.5) is 14.5 Å². The minimum atomic E-state index is -2.83. The molecule has 0 saturated carbocycles. The second kappa shape index (κ2) is 10.3. The molecule has 0 spiro atoms. The SMILES string of the molecule is FC(F)Oc1ccc(NC(=S)NCc2ccccc2C[NH+]2CCCCC2)cc1. The number of ether oxygens (including phenoxy) is 1. The standard InChI is InChI=1S/C21H25F2N3OS/c22-20(23)27-19-10-8-18(9-11-19)25-21(28)24-14-16-6-2-3-7-17(16)15-26-12-4-1-5-13-26/h2-3,6-11,20H,1,4-5,12-15H2,(H2,24,25,28)/p+1. The van der Waals surface area contributed by atoms with Crippen LogP contribution in [0.1, 0.15) is 30.4 Å². The molecule has 0 unspecified atom stereocenters. The van der Waals surface area contributed by atoms with Gasteiger partial charge in [0.15, 0.2) is 5.11 Å². The molecule has 0 radical (unpaired) electrons. The zero-order chi connectivity index (χ0) is 19.8. The number of anilines is 1. The van der Waals surface area contributed by atoms with Gasteiger partial charge in [-0.1, -0.05) is 24.3 Å². The maximum absolute atomic E-state index is 12.2. The summed E-state index contributed by atoms with van der Waals surface area (Å²) in [6.45, 7) is 1.35. The Morgan fingerprint density at radius 3 is 2.36 bits per heavy atom. The first-order chi connectivity index (χ1) is 13.6. The summed E-state index contributed by atoms with van der Waals surface area (Å²) < 4.78 is 28.7. The third kappa shape index (κ3) is 6.42. The lowest BCUT2D eigenvalue weighted by atomic mass is 10.0. The number of alkyl halides is 2. The van der Waals surface area contributed by atoms with Crippen molar-refractivity contribution in [2.75, 3.05) is 18.4 Å². The lowest BCUT2D eigenvalue weighted by Gasteiger charge is -2.24. The van der Waals surface area contributed by atoms with Crippen LogP contribution in [-0.2, 0) is 13.1 Å². The molecule has 0 amide bonds. The predicted molar refractivity (Wildman–Crippen MR) is 111 cm³/mol. The molecule has 2 aromatic rings. The van der Waals surface area contributed by atoms with E-state index in [1.165, 1.54) is 55.6 Å². The van der Waals surface area contributed by atoms with Crippen molar-refractivity contribution in [1.82, 2.24) is 5.32 Å². The molecule has 0 bridgehead atoms.